The number of fused-ring (bicyclic) bond motifs is 1. The minimum atomic E-state index is 0.116. The minimum Gasteiger partial charge on any atom is -0.375 e. The maximum absolute atomic E-state index is 5.93. The van der Waals surface area contributed by atoms with E-state index in [1.807, 2.05) is 40.2 Å². The summed E-state index contributed by atoms with van der Waals surface area (Å²) >= 11 is 12.2. The van der Waals surface area contributed by atoms with Crippen molar-refractivity contribution in [2.45, 2.75) is 0 Å². The maximum Gasteiger partial charge on any atom is 0.194 e. The lowest BCUT2D eigenvalue weighted by molar-refractivity contribution is 1.04. The van der Waals surface area contributed by atoms with E-state index in [1.54, 1.807) is 17.6 Å². The highest BCUT2D eigenvalue weighted by molar-refractivity contribution is 7.80. The van der Waals surface area contributed by atoms with Crippen LogP contribution in [0.5, 0.6) is 0 Å². The molecule has 0 bridgehead atoms. The summed E-state index contributed by atoms with van der Waals surface area (Å²) < 4.78 is 1.96. The Labute approximate surface area is 135 Å². The molecule has 0 unspecified atom stereocenters. The number of hydrogen-bond donors (Lipinski definition) is 2. The molecule has 0 atom stereocenters. The number of halogens is 1. The summed E-state index contributed by atoms with van der Waals surface area (Å²) in [5.74, 6) is 0. The molecule has 0 saturated heterocycles. The lowest BCUT2D eigenvalue weighted by Gasteiger charge is -2.00. The molecule has 0 aliphatic rings. The van der Waals surface area contributed by atoms with Crippen LogP contribution < -0.4 is 11.2 Å². The first-order valence-electron chi connectivity index (χ1n) is 5.95. The standard InChI is InChI=1S/C13H10ClN5S2/c14-9-3-1-8(2-4-9)11-10(7-16-18-12(15)20)19-5-6-21-13(19)17-11/h1-7H,(H3,15,18,20). The third-order valence-corrected chi connectivity index (χ3v) is 3.88. The van der Waals surface area contributed by atoms with Crippen molar-refractivity contribution in [1.29, 1.82) is 0 Å². The molecule has 0 aliphatic carbocycles. The van der Waals surface area contributed by atoms with Gasteiger partial charge in [-0.25, -0.2) is 4.98 Å². The minimum absolute atomic E-state index is 0.116. The highest BCUT2D eigenvalue weighted by Crippen LogP contribution is 2.26. The van der Waals surface area contributed by atoms with E-state index >= 15 is 0 Å². The Morgan fingerprint density at radius 2 is 2.19 bits per heavy atom. The van der Waals surface area contributed by atoms with Crippen LogP contribution in [0.2, 0.25) is 5.02 Å². The van der Waals surface area contributed by atoms with Gasteiger partial charge in [-0.1, -0.05) is 23.7 Å². The van der Waals surface area contributed by atoms with Gasteiger partial charge in [0.1, 0.15) is 0 Å². The fourth-order valence-electron chi connectivity index (χ4n) is 1.90. The maximum atomic E-state index is 5.93. The van der Waals surface area contributed by atoms with Crippen molar-refractivity contribution in [3.8, 4) is 11.3 Å². The summed E-state index contributed by atoms with van der Waals surface area (Å²) in [4.78, 5) is 5.51. The molecule has 0 spiro atoms. The van der Waals surface area contributed by atoms with Crippen molar-refractivity contribution in [3.63, 3.8) is 0 Å². The van der Waals surface area contributed by atoms with Crippen molar-refractivity contribution in [1.82, 2.24) is 14.8 Å². The van der Waals surface area contributed by atoms with Gasteiger partial charge in [0.25, 0.3) is 0 Å². The molecule has 5 nitrogen and oxygen atoms in total. The molecular formula is C13H10ClN5S2. The highest BCUT2D eigenvalue weighted by Gasteiger charge is 2.13. The number of nitrogens with zero attached hydrogens (tertiary/aromatic N) is 3. The van der Waals surface area contributed by atoms with E-state index in [1.165, 1.54) is 0 Å². The van der Waals surface area contributed by atoms with Crippen LogP contribution in [-0.4, -0.2) is 20.7 Å². The molecule has 0 radical (unpaired) electrons. The van der Waals surface area contributed by atoms with E-state index in [-0.39, 0.29) is 5.11 Å². The largest absolute Gasteiger partial charge is 0.375 e. The number of aromatic nitrogens is 2. The summed E-state index contributed by atoms with van der Waals surface area (Å²) in [6.07, 6.45) is 3.59. The van der Waals surface area contributed by atoms with Gasteiger partial charge in [0.15, 0.2) is 10.1 Å². The first-order chi connectivity index (χ1) is 10.1. The molecular weight excluding hydrogens is 326 g/mol. The summed E-state index contributed by atoms with van der Waals surface area (Å²) in [5.41, 5.74) is 10.5. The monoisotopic (exact) mass is 335 g/mol. The molecule has 0 aliphatic heterocycles. The van der Waals surface area contributed by atoms with Gasteiger partial charge in [0, 0.05) is 22.2 Å². The fraction of sp³-hybridized carbons (Fsp3) is 0. The third kappa shape index (κ3) is 2.90. The molecule has 3 rings (SSSR count). The molecule has 106 valence electrons. The van der Waals surface area contributed by atoms with Gasteiger partial charge in [-0.3, -0.25) is 9.83 Å². The van der Waals surface area contributed by atoms with Gasteiger partial charge >= 0.3 is 0 Å². The fourth-order valence-corrected chi connectivity index (χ4v) is 2.80. The van der Waals surface area contributed by atoms with E-state index in [4.69, 9.17) is 29.6 Å². The molecule has 3 N–H and O–H groups in total. The smallest absolute Gasteiger partial charge is 0.194 e. The van der Waals surface area contributed by atoms with Crippen LogP contribution in [0.15, 0.2) is 40.9 Å². The number of hydrazone groups is 1. The van der Waals surface area contributed by atoms with Crippen LogP contribution in [0.25, 0.3) is 16.2 Å². The van der Waals surface area contributed by atoms with E-state index in [2.05, 4.69) is 15.5 Å². The average molecular weight is 336 g/mol. The predicted octanol–water partition coefficient (Wildman–Crippen LogP) is 2.88. The third-order valence-electron chi connectivity index (χ3n) is 2.78. The van der Waals surface area contributed by atoms with Gasteiger partial charge < -0.3 is 5.73 Å². The van der Waals surface area contributed by atoms with Crippen LogP contribution in [-0.2, 0) is 0 Å². The lowest BCUT2D eigenvalue weighted by atomic mass is 10.1. The van der Waals surface area contributed by atoms with Crippen molar-refractivity contribution in [2.75, 3.05) is 0 Å². The summed E-state index contributed by atoms with van der Waals surface area (Å²) in [6.45, 7) is 0. The van der Waals surface area contributed by atoms with Crippen LogP contribution in [0.1, 0.15) is 5.69 Å². The van der Waals surface area contributed by atoms with Gasteiger partial charge in [0.05, 0.1) is 17.6 Å². The van der Waals surface area contributed by atoms with E-state index in [9.17, 15) is 0 Å². The Balaban J connectivity index is 2.09. The number of thiocarbonyl (C=S) groups is 1. The molecule has 21 heavy (non-hydrogen) atoms. The first-order valence-corrected chi connectivity index (χ1v) is 7.62. The number of nitrogens with one attached hydrogen (secondary N) is 1. The second-order valence-electron chi connectivity index (χ2n) is 4.14. The van der Waals surface area contributed by atoms with Gasteiger partial charge in [-0.2, -0.15) is 5.10 Å². The van der Waals surface area contributed by atoms with Crippen LogP contribution in [0.4, 0.5) is 0 Å². The number of benzene rings is 1. The van der Waals surface area contributed by atoms with E-state index < -0.39 is 0 Å². The average Bonchev–Trinajstić information content (AvgIpc) is 3.01. The Morgan fingerprint density at radius 1 is 1.43 bits per heavy atom. The normalized spacial score (nSPS) is 11.3. The summed E-state index contributed by atoms with van der Waals surface area (Å²) in [6, 6.07) is 7.51. The highest BCUT2D eigenvalue weighted by atomic mass is 35.5. The number of thiazole rings is 1. The number of hydrogen-bond acceptors (Lipinski definition) is 4. The molecule has 2 aromatic heterocycles. The zero-order chi connectivity index (χ0) is 14.8. The summed E-state index contributed by atoms with van der Waals surface area (Å²) in [7, 11) is 0. The number of nitrogens with two attached hydrogens (primary N) is 1. The van der Waals surface area contributed by atoms with Crippen molar-refractivity contribution < 1.29 is 0 Å². The molecule has 8 heteroatoms. The molecule has 0 amide bonds. The Bertz CT molecular complexity index is 819. The molecule has 3 aromatic rings. The van der Waals surface area contributed by atoms with Crippen LogP contribution in [0.3, 0.4) is 0 Å². The Kier molecular flexibility index (Phi) is 3.87. The number of rotatable bonds is 3. The van der Waals surface area contributed by atoms with E-state index in [0.29, 0.717) is 5.02 Å². The quantitative estimate of drug-likeness (QED) is 0.439. The van der Waals surface area contributed by atoms with Crippen LogP contribution in [0, 0.1) is 0 Å². The van der Waals surface area contributed by atoms with Crippen molar-refractivity contribution in [3.05, 3.63) is 46.6 Å². The predicted molar refractivity (Wildman–Crippen MR) is 91.0 cm³/mol. The zero-order valence-electron chi connectivity index (χ0n) is 10.7. The molecule has 0 fully saturated rings. The molecule has 2 heterocycles. The topological polar surface area (TPSA) is 67.7 Å². The Morgan fingerprint density at radius 3 is 2.90 bits per heavy atom. The lowest BCUT2D eigenvalue weighted by Crippen LogP contribution is -2.24. The Hall–Kier alpha value is -1.96. The second-order valence-corrected chi connectivity index (χ2v) is 5.89. The van der Waals surface area contributed by atoms with Gasteiger partial charge in [-0.15, -0.1) is 11.3 Å². The first kappa shape index (κ1) is 14.0. The summed E-state index contributed by atoms with van der Waals surface area (Å²) in [5, 5.41) is 6.79. The van der Waals surface area contributed by atoms with Gasteiger partial charge in [0.2, 0.25) is 0 Å². The van der Waals surface area contributed by atoms with E-state index in [0.717, 1.165) is 21.9 Å². The second kappa shape index (κ2) is 5.80. The SMILES string of the molecule is NC(=S)NN=Cc1c(-c2ccc(Cl)cc2)nc2sccn12. The zero-order valence-corrected chi connectivity index (χ0v) is 13.0. The van der Waals surface area contributed by atoms with Crippen molar-refractivity contribution in [2.24, 2.45) is 10.8 Å². The van der Waals surface area contributed by atoms with Crippen molar-refractivity contribution >= 4 is 51.4 Å². The molecule has 1 aromatic carbocycles. The van der Waals surface area contributed by atoms with Crippen LogP contribution >= 0.6 is 35.2 Å². The van der Waals surface area contributed by atoms with Gasteiger partial charge in [-0.05, 0) is 24.4 Å². The molecule has 0 saturated carbocycles. The number of imidazole rings is 1.